The van der Waals surface area contributed by atoms with Gasteiger partial charge in [0.15, 0.2) is 0 Å². The van der Waals surface area contributed by atoms with Crippen LogP contribution in [-0.2, 0) is 20.3 Å². The molecule has 2 fully saturated rings. The molecule has 10 heteroatoms. The van der Waals surface area contributed by atoms with Crippen molar-refractivity contribution in [2.45, 2.75) is 65.2 Å². The molecule has 0 radical (unpaired) electrons. The predicted octanol–water partition coefficient (Wildman–Crippen LogP) is 22.4. The Morgan fingerprint density at radius 1 is 0.340 bits per heavy atom. The molecule has 100 heavy (non-hydrogen) atoms. The number of fused-ring (bicyclic) bond motifs is 6. The van der Waals surface area contributed by atoms with Crippen molar-refractivity contribution in [3.05, 3.63) is 345 Å². The quantitative estimate of drug-likeness (QED) is 0.0752. The van der Waals surface area contributed by atoms with Crippen molar-refractivity contribution in [2.24, 2.45) is 10.8 Å². The fourth-order valence-corrected chi connectivity index (χ4v) is 16.1. The third kappa shape index (κ3) is 10.5. The summed E-state index contributed by atoms with van der Waals surface area (Å²) in [5.41, 5.74) is 18.5. The highest BCUT2D eigenvalue weighted by atomic mass is 19.1. The van der Waals surface area contributed by atoms with Gasteiger partial charge in [0.05, 0.1) is 61.3 Å². The van der Waals surface area contributed by atoms with E-state index in [0.29, 0.717) is 62.4 Å². The molecule has 0 aromatic heterocycles. The number of anilines is 6. The molecule has 0 saturated carbocycles. The molecule has 16 rings (SSSR count). The lowest BCUT2D eigenvalue weighted by Gasteiger charge is -2.40. The van der Waals surface area contributed by atoms with E-state index >= 15 is 17.6 Å². The average Bonchev–Trinajstić information content (AvgIpc) is 1.53. The van der Waals surface area contributed by atoms with Crippen LogP contribution in [0, 0.1) is 61.8 Å². The largest absolute Gasteiger partial charge is 0.493 e. The summed E-state index contributed by atoms with van der Waals surface area (Å²) in [6.07, 6.45) is 1.92. The zero-order valence-electron chi connectivity index (χ0n) is 56.9. The van der Waals surface area contributed by atoms with Crippen molar-refractivity contribution < 1.29 is 36.5 Å². The first-order chi connectivity index (χ1) is 48.7. The van der Waals surface area contributed by atoms with Gasteiger partial charge in [-0.25, -0.2) is 17.6 Å². The van der Waals surface area contributed by atoms with Crippen LogP contribution >= 0.6 is 0 Å². The number of para-hydroxylation sites is 2. The number of hydrogen-bond acceptors (Lipinski definition) is 6. The van der Waals surface area contributed by atoms with Crippen molar-refractivity contribution in [3.63, 3.8) is 0 Å². The standard InChI is InChI=1S/C90H76F4N2O4/c1-7-87(51-97-52-87)55-99-69-41-31-63(32-42-69)89(77-47-57(3)23-25-59(77)5)75-17-11-9-15-71(75)73-45-39-67(49-79(73)89)95(85-81(91)19-13-20-82(85)92)65-35-27-61(28-36-65)62-29-37-66(38-30-62)96(86-83(93)21-14-22-84(86)94)68-40-46-74-72-16-10-12-18-76(72)90(80(74)50-68,78-48-58(4)24-26-60(78)6)64-33-43-70(44-34-64)100-56-88(8-2)53-98-54-88/h9-50H,7-8,51-56H2,1-6H3. The molecule has 0 spiro atoms. The van der Waals surface area contributed by atoms with E-state index in [2.05, 4.69) is 199 Å². The fourth-order valence-electron chi connectivity index (χ4n) is 16.1. The normalized spacial score (nSPS) is 17.3. The van der Waals surface area contributed by atoms with Gasteiger partial charge in [-0.3, -0.25) is 0 Å². The molecule has 2 aliphatic carbocycles. The van der Waals surface area contributed by atoms with E-state index in [-0.39, 0.29) is 22.2 Å². The number of ether oxygens (including phenoxy) is 4. The van der Waals surface area contributed by atoms with E-state index in [9.17, 15) is 0 Å². The molecule has 4 aliphatic rings. The van der Waals surface area contributed by atoms with Crippen LogP contribution in [0.25, 0.3) is 33.4 Å². The minimum absolute atomic E-state index is 0.000435. The predicted molar refractivity (Wildman–Crippen MR) is 393 cm³/mol. The lowest BCUT2D eigenvalue weighted by molar-refractivity contribution is -0.133. The van der Waals surface area contributed by atoms with Crippen LogP contribution < -0.4 is 19.3 Å². The summed E-state index contributed by atoms with van der Waals surface area (Å²) in [6.45, 7) is 16.7. The molecule has 498 valence electrons. The summed E-state index contributed by atoms with van der Waals surface area (Å²) in [5, 5.41) is 0. The Bertz CT molecular complexity index is 4750. The monoisotopic (exact) mass is 1320 g/mol. The number of hydrogen-bond donors (Lipinski definition) is 0. The Hall–Kier alpha value is -10.5. The highest BCUT2D eigenvalue weighted by Gasteiger charge is 2.50. The summed E-state index contributed by atoms with van der Waals surface area (Å²) in [7, 11) is 0. The SMILES string of the molecule is CCC1(COc2ccc(C3(c4cc(C)ccc4C)c4ccccc4-c4ccc(N(c5ccc(-c6ccc(N(c7ccc8c(c7)C(c7ccc(OCC9(CC)COC9)cc7)(c7cc(C)ccc7C)c7ccccc7-8)c7c(F)cccc7F)cc6)cc5)c5c(F)cccc5F)cc43)cc2)COC1. The van der Waals surface area contributed by atoms with Crippen molar-refractivity contribution in [1.82, 2.24) is 0 Å². The van der Waals surface area contributed by atoms with Gasteiger partial charge in [-0.05, 0) is 227 Å². The molecule has 6 nitrogen and oxygen atoms in total. The fraction of sp³-hybridized carbons (Fsp3) is 0.200. The molecule has 0 bridgehead atoms. The Morgan fingerprint density at radius 2 is 0.690 bits per heavy atom. The van der Waals surface area contributed by atoms with E-state index in [1.807, 2.05) is 60.7 Å². The van der Waals surface area contributed by atoms with Gasteiger partial charge in [-0.1, -0.05) is 183 Å². The molecule has 2 heterocycles. The van der Waals surface area contributed by atoms with Crippen LogP contribution in [0.1, 0.15) is 93.5 Å². The number of nitrogens with zero attached hydrogens (tertiary/aromatic N) is 2. The van der Waals surface area contributed by atoms with Gasteiger partial charge < -0.3 is 28.7 Å². The zero-order chi connectivity index (χ0) is 68.7. The van der Waals surface area contributed by atoms with Gasteiger partial charge >= 0.3 is 0 Å². The Balaban J connectivity index is 0.785. The minimum atomic E-state index is -0.865. The second kappa shape index (κ2) is 25.3. The number of rotatable bonds is 19. The molecule has 2 aliphatic heterocycles. The molecule has 2 unspecified atom stereocenters. The number of benzene rings is 12. The Morgan fingerprint density at radius 3 is 1.04 bits per heavy atom. The summed E-state index contributed by atoms with van der Waals surface area (Å²) in [5.74, 6) is -1.36. The number of aryl methyl sites for hydroxylation is 4. The third-order valence-corrected chi connectivity index (χ3v) is 21.9. The van der Waals surface area contributed by atoms with E-state index < -0.39 is 34.1 Å². The second-order valence-electron chi connectivity index (χ2n) is 27.9. The minimum Gasteiger partial charge on any atom is -0.493 e. The van der Waals surface area contributed by atoms with Gasteiger partial charge in [0.1, 0.15) is 46.1 Å². The molecule has 12 aromatic carbocycles. The summed E-state index contributed by atoms with van der Waals surface area (Å²) < 4.78 is 91.4. The molecule has 0 amide bonds. The topological polar surface area (TPSA) is 43.4 Å². The summed E-state index contributed by atoms with van der Waals surface area (Å²) >= 11 is 0. The van der Waals surface area contributed by atoms with E-state index in [1.165, 1.54) is 36.4 Å². The van der Waals surface area contributed by atoms with Crippen molar-refractivity contribution in [1.29, 1.82) is 0 Å². The Labute approximate surface area is 582 Å². The average molecular weight is 1330 g/mol. The smallest absolute Gasteiger partial charge is 0.150 e. The maximum atomic E-state index is 16.8. The van der Waals surface area contributed by atoms with Crippen LogP contribution in [-0.4, -0.2) is 39.6 Å². The van der Waals surface area contributed by atoms with Crippen LogP contribution in [0.4, 0.5) is 51.7 Å². The van der Waals surface area contributed by atoms with Crippen LogP contribution in [0.15, 0.2) is 255 Å². The highest BCUT2D eigenvalue weighted by Crippen LogP contribution is 2.61. The van der Waals surface area contributed by atoms with Crippen LogP contribution in [0.5, 0.6) is 11.5 Å². The first-order valence-electron chi connectivity index (χ1n) is 34.6. The Kier molecular flexibility index (Phi) is 16.3. The van der Waals surface area contributed by atoms with Gasteiger partial charge in [0.2, 0.25) is 0 Å². The van der Waals surface area contributed by atoms with Gasteiger partial charge in [0.25, 0.3) is 0 Å². The van der Waals surface area contributed by atoms with Gasteiger partial charge in [-0.2, -0.15) is 0 Å². The van der Waals surface area contributed by atoms with Crippen LogP contribution in [0.2, 0.25) is 0 Å². The van der Waals surface area contributed by atoms with Crippen molar-refractivity contribution >= 4 is 34.1 Å². The van der Waals surface area contributed by atoms with E-state index in [4.69, 9.17) is 18.9 Å². The van der Waals surface area contributed by atoms with Gasteiger partial charge in [-0.15, -0.1) is 0 Å². The molecule has 12 aromatic rings. The molecular weight excluding hydrogens is 1250 g/mol. The van der Waals surface area contributed by atoms with Crippen LogP contribution in [0.3, 0.4) is 0 Å². The molecule has 2 atom stereocenters. The lowest BCUT2D eigenvalue weighted by atomic mass is 9.66. The summed E-state index contributed by atoms with van der Waals surface area (Å²) in [4.78, 5) is 3.34. The first kappa shape index (κ1) is 64.2. The number of halogens is 4. The maximum absolute atomic E-state index is 16.8. The van der Waals surface area contributed by atoms with E-state index in [0.717, 1.165) is 124 Å². The molecule has 2 saturated heterocycles. The van der Waals surface area contributed by atoms with Crippen molar-refractivity contribution in [3.8, 4) is 44.9 Å². The molecule has 0 N–H and O–H groups in total. The zero-order valence-corrected chi connectivity index (χ0v) is 56.9. The van der Waals surface area contributed by atoms with Crippen molar-refractivity contribution in [2.75, 3.05) is 49.4 Å². The lowest BCUT2D eigenvalue weighted by Crippen LogP contribution is -2.46. The third-order valence-electron chi connectivity index (χ3n) is 21.9. The first-order valence-corrected chi connectivity index (χ1v) is 34.6. The summed E-state index contributed by atoms with van der Waals surface area (Å²) in [6, 6.07) is 82.5. The molecular formula is C90H76F4N2O4. The maximum Gasteiger partial charge on any atom is 0.150 e. The highest BCUT2D eigenvalue weighted by molar-refractivity contribution is 5.92. The van der Waals surface area contributed by atoms with Gasteiger partial charge in [0, 0.05) is 22.7 Å². The van der Waals surface area contributed by atoms with E-state index in [1.54, 1.807) is 9.80 Å². The second-order valence-corrected chi connectivity index (χ2v) is 27.9.